The van der Waals surface area contributed by atoms with Gasteiger partial charge in [-0.05, 0) is 59.7 Å². The third kappa shape index (κ3) is 3.95. The molecule has 0 heterocycles. The van der Waals surface area contributed by atoms with Crippen molar-refractivity contribution in [3.8, 4) is 11.1 Å². The summed E-state index contributed by atoms with van der Waals surface area (Å²) >= 11 is 0. The molecule has 0 aliphatic rings. The maximum atomic E-state index is 13.1. The van der Waals surface area contributed by atoms with Crippen LogP contribution in [-0.4, -0.2) is 29.6 Å². The van der Waals surface area contributed by atoms with Gasteiger partial charge >= 0.3 is 0 Å². The van der Waals surface area contributed by atoms with Gasteiger partial charge in [-0.1, -0.05) is 24.3 Å². The second-order valence-electron chi connectivity index (χ2n) is 6.42. The normalized spacial score (nSPS) is 11.3. The van der Waals surface area contributed by atoms with Gasteiger partial charge in [0.05, 0.1) is 10.6 Å². The maximum absolute atomic E-state index is 13.1. The average molecular weight is 384 g/mol. The molecule has 4 nitrogen and oxygen atoms in total. The Morgan fingerprint density at radius 2 is 1.33 bits per heavy atom. The largest absolute Gasteiger partial charge is 0.378 e. The highest BCUT2D eigenvalue weighted by Gasteiger charge is 2.21. The highest BCUT2D eigenvalue weighted by Crippen LogP contribution is 2.27. The van der Waals surface area contributed by atoms with E-state index in [2.05, 4.69) is 0 Å². The molecule has 3 aromatic rings. The second-order valence-corrected chi connectivity index (χ2v) is 8.39. The summed E-state index contributed by atoms with van der Waals surface area (Å²) in [5.74, 6) is -0.330. The molecule has 0 saturated carbocycles. The lowest BCUT2D eigenvalue weighted by Crippen LogP contribution is -2.26. The summed E-state index contributed by atoms with van der Waals surface area (Å²) in [6.45, 7) is 0. The molecule has 0 atom stereocenters. The lowest BCUT2D eigenvalue weighted by molar-refractivity contribution is 0.594. The van der Waals surface area contributed by atoms with Crippen LogP contribution in [0.5, 0.6) is 0 Å². The Morgan fingerprint density at radius 3 is 1.93 bits per heavy atom. The van der Waals surface area contributed by atoms with E-state index in [4.69, 9.17) is 0 Å². The molecular formula is C21H21FN2O2S. The van der Waals surface area contributed by atoms with Crippen molar-refractivity contribution >= 4 is 21.4 Å². The van der Waals surface area contributed by atoms with E-state index in [0.717, 1.165) is 11.3 Å². The van der Waals surface area contributed by atoms with Crippen molar-refractivity contribution in [1.29, 1.82) is 0 Å². The molecule has 140 valence electrons. The molecule has 0 amide bonds. The van der Waals surface area contributed by atoms with Crippen LogP contribution in [0.15, 0.2) is 77.7 Å². The number of hydrogen-bond acceptors (Lipinski definition) is 3. The van der Waals surface area contributed by atoms with Gasteiger partial charge in [0.15, 0.2) is 0 Å². The standard InChI is InChI=1S/C21H21FN2O2S/c1-23(2)19-11-13-20(14-12-19)24(3)27(25,26)21-6-4-5-17(15-21)16-7-9-18(22)10-8-16/h4-15H,1-3H3. The summed E-state index contributed by atoms with van der Waals surface area (Å²) in [5.41, 5.74) is 3.04. The van der Waals surface area contributed by atoms with Crippen LogP contribution in [0, 0.1) is 5.82 Å². The zero-order valence-electron chi connectivity index (χ0n) is 15.4. The van der Waals surface area contributed by atoms with Crippen molar-refractivity contribution in [2.45, 2.75) is 4.90 Å². The van der Waals surface area contributed by atoms with E-state index in [1.807, 2.05) is 31.1 Å². The van der Waals surface area contributed by atoms with Crippen LogP contribution in [0.4, 0.5) is 15.8 Å². The summed E-state index contributed by atoms with van der Waals surface area (Å²) in [5, 5.41) is 0. The van der Waals surface area contributed by atoms with Gasteiger partial charge in [-0.25, -0.2) is 12.8 Å². The second kappa shape index (κ2) is 7.40. The fourth-order valence-electron chi connectivity index (χ4n) is 2.74. The number of benzene rings is 3. The zero-order valence-corrected chi connectivity index (χ0v) is 16.2. The highest BCUT2D eigenvalue weighted by molar-refractivity contribution is 7.92. The summed E-state index contributed by atoms with van der Waals surface area (Å²) in [4.78, 5) is 2.13. The molecule has 3 rings (SSSR count). The van der Waals surface area contributed by atoms with E-state index in [1.165, 1.54) is 23.5 Å². The Hall–Kier alpha value is -2.86. The number of halogens is 1. The maximum Gasteiger partial charge on any atom is 0.264 e. The Labute approximate surface area is 159 Å². The van der Waals surface area contributed by atoms with Gasteiger partial charge in [0.25, 0.3) is 10.0 Å². The van der Waals surface area contributed by atoms with E-state index in [1.54, 1.807) is 48.5 Å². The zero-order chi connectivity index (χ0) is 19.6. The fourth-order valence-corrected chi connectivity index (χ4v) is 3.98. The minimum Gasteiger partial charge on any atom is -0.378 e. The third-order valence-electron chi connectivity index (χ3n) is 4.40. The predicted molar refractivity (Wildman–Crippen MR) is 108 cm³/mol. The fraction of sp³-hybridized carbons (Fsp3) is 0.143. The Kier molecular flexibility index (Phi) is 5.19. The number of sulfonamides is 1. The summed E-state index contributed by atoms with van der Waals surface area (Å²) < 4.78 is 40.5. The Bertz CT molecular complexity index is 1030. The topological polar surface area (TPSA) is 40.6 Å². The number of anilines is 2. The molecule has 0 saturated heterocycles. The van der Waals surface area contributed by atoms with Gasteiger partial charge in [0.2, 0.25) is 0 Å². The van der Waals surface area contributed by atoms with E-state index < -0.39 is 10.0 Å². The van der Waals surface area contributed by atoms with E-state index in [0.29, 0.717) is 11.3 Å². The minimum absolute atomic E-state index is 0.184. The molecule has 0 spiro atoms. The van der Waals surface area contributed by atoms with Crippen LogP contribution in [-0.2, 0) is 10.0 Å². The van der Waals surface area contributed by atoms with Crippen LogP contribution < -0.4 is 9.21 Å². The molecule has 3 aromatic carbocycles. The average Bonchev–Trinajstić information content (AvgIpc) is 2.68. The van der Waals surface area contributed by atoms with E-state index in [9.17, 15) is 12.8 Å². The predicted octanol–water partition coefficient (Wildman–Crippen LogP) is 4.38. The quantitative estimate of drug-likeness (QED) is 0.655. The number of nitrogens with zero attached hydrogens (tertiary/aromatic N) is 2. The van der Waals surface area contributed by atoms with Crippen molar-refractivity contribution in [1.82, 2.24) is 0 Å². The van der Waals surface area contributed by atoms with Gasteiger partial charge in [-0.15, -0.1) is 0 Å². The van der Waals surface area contributed by atoms with Crippen LogP contribution in [0.1, 0.15) is 0 Å². The first kappa shape index (κ1) is 18.9. The molecule has 0 N–H and O–H groups in total. The van der Waals surface area contributed by atoms with Gasteiger partial charge in [-0.2, -0.15) is 0 Å². The third-order valence-corrected chi connectivity index (χ3v) is 6.18. The van der Waals surface area contributed by atoms with E-state index in [-0.39, 0.29) is 10.7 Å². The first-order valence-electron chi connectivity index (χ1n) is 8.41. The SMILES string of the molecule is CN(C)c1ccc(N(C)S(=O)(=O)c2cccc(-c3ccc(F)cc3)c2)cc1. The Morgan fingerprint density at radius 1 is 0.741 bits per heavy atom. The van der Waals surface area contributed by atoms with Crippen LogP contribution in [0.25, 0.3) is 11.1 Å². The number of rotatable bonds is 5. The Balaban J connectivity index is 1.94. The summed E-state index contributed by atoms with van der Waals surface area (Å²) in [6, 6.07) is 19.9. The van der Waals surface area contributed by atoms with Crippen LogP contribution in [0.2, 0.25) is 0 Å². The summed E-state index contributed by atoms with van der Waals surface area (Å²) in [7, 11) is 1.67. The molecule has 27 heavy (non-hydrogen) atoms. The first-order chi connectivity index (χ1) is 12.8. The molecule has 6 heteroatoms. The van der Waals surface area contributed by atoms with Crippen molar-refractivity contribution < 1.29 is 12.8 Å². The smallest absolute Gasteiger partial charge is 0.264 e. The molecular weight excluding hydrogens is 363 g/mol. The molecule has 0 bridgehead atoms. The monoisotopic (exact) mass is 384 g/mol. The molecule has 0 unspecified atom stereocenters. The minimum atomic E-state index is -3.72. The van der Waals surface area contributed by atoms with Gasteiger partial charge in [-0.3, -0.25) is 4.31 Å². The lowest BCUT2D eigenvalue weighted by Gasteiger charge is -2.21. The van der Waals surface area contributed by atoms with Gasteiger partial charge < -0.3 is 4.90 Å². The first-order valence-corrected chi connectivity index (χ1v) is 9.85. The molecule has 0 fully saturated rings. The number of hydrogen-bond donors (Lipinski definition) is 0. The van der Waals surface area contributed by atoms with Crippen LogP contribution in [0.3, 0.4) is 0 Å². The highest BCUT2D eigenvalue weighted by atomic mass is 32.2. The van der Waals surface area contributed by atoms with E-state index >= 15 is 0 Å². The van der Waals surface area contributed by atoms with Crippen molar-refractivity contribution in [3.05, 3.63) is 78.6 Å². The molecule has 0 aliphatic carbocycles. The molecule has 0 aromatic heterocycles. The van der Waals surface area contributed by atoms with Crippen molar-refractivity contribution in [2.24, 2.45) is 0 Å². The van der Waals surface area contributed by atoms with Gasteiger partial charge in [0, 0.05) is 26.8 Å². The molecule has 0 radical (unpaired) electrons. The van der Waals surface area contributed by atoms with Crippen molar-refractivity contribution in [2.75, 3.05) is 30.3 Å². The van der Waals surface area contributed by atoms with Crippen molar-refractivity contribution in [3.63, 3.8) is 0 Å². The summed E-state index contributed by atoms with van der Waals surface area (Å²) in [6.07, 6.45) is 0. The lowest BCUT2D eigenvalue weighted by atomic mass is 10.1. The molecule has 0 aliphatic heterocycles. The van der Waals surface area contributed by atoms with Crippen LogP contribution >= 0.6 is 0 Å². The van der Waals surface area contributed by atoms with Gasteiger partial charge in [0.1, 0.15) is 5.82 Å².